The Morgan fingerprint density at radius 1 is 0.375 bits per heavy atom. The molecule has 0 unspecified atom stereocenters. The molecule has 0 spiro atoms. The monoisotopic (exact) mass is 716 g/mol. The van der Waals surface area contributed by atoms with Crippen LogP contribution in [0.5, 0.6) is 0 Å². The lowest BCUT2D eigenvalue weighted by Gasteiger charge is -2.22. The molecule has 4 nitrogen and oxygen atoms in total. The van der Waals surface area contributed by atoms with Crippen LogP contribution >= 0.6 is 0 Å². The lowest BCUT2D eigenvalue weighted by atomic mass is 9.82. The molecule has 8 aromatic carbocycles. The fraction of sp³-hybridized carbons (Fsp3) is 0.0577. The standard InChI is InChI=1S/C52H36N4/c1-52(2)45-23-13-11-21-40(45)42-31-43-41-22-12-14-24-47(41)56(48(43)32-46(42)52)38-27-28-39(37-26-25-33-15-9-10-20-36(33)29-37)44(30-38)51-54-49(34-16-5-3-6-17-34)53-50(55-51)35-18-7-4-8-19-35/h3-32H,1-2H3. The first kappa shape index (κ1) is 32.3. The number of fused-ring (bicyclic) bond motifs is 7. The molecule has 0 saturated heterocycles. The first-order valence-electron chi connectivity index (χ1n) is 19.2. The second-order valence-corrected chi connectivity index (χ2v) is 15.3. The topological polar surface area (TPSA) is 43.6 Å². The number of hydrogen-bond donors (Lipinski definition) is 0. The van der Waals surface area contributed by atoms with Gasteiger partial charge in [0.15, 0.2) is 17.5 Å². The minimum atomic E-state index is -0.126. The van der Waals surface area contributed by atoms with Gasteiger partial charge in [-0.15, -0.1) is 0 Å². The van der Waals surface area contributed by atoms with Crippen LogP contribution in [-0.4, -0.2) is 19.5 Å². The van der Waals surface area contributed by atoms with Crippen LogP contribution in [-0.2, 0) is 5.41 Å². The fourth-order valence-electron chi connectivity index (χ4n) is 8.84. The smallest absolute Gasteiger partial charge is 0.164 e. The van der Waals surface area contributed by atoms with E-state index in [9.17, 15) is 0 Å². The summed E-state index contributed by atoms with van der Waals surface area (Å²) in [6.07, 6.45) is 0. The van der Waals surface area contributed by atoms with Crippen LogP contribution in [0.1, 0.15) is 25.0 Å². The first-order valence-corrected chi connectivity index (χ1v) is 19.2. The van der Waals surface area contributed by atoms with Gasteiger partial charge in [-0.3, -0.25) is 0 Å². The van der Waals surface area contributed by atoms with Gasteiger partial charge >= 0.3 is 0 Å². The van der Waals surface area contributed by atoms with Crippen molar-refractivity contribution >= 4 is 32.6 Å². The SMILES string of the molecule is CC1(C)c2ccccc2-c2cc3c4ccccc4n(-c4ccc(-c5ccc6ccccc6c5)c(-c5nc(-c6ccccc6)nc(-c6ccccc6)n5)c4)c3cc21. The van der Waals surface area contributed by atoms with Crippen LogP contribution < -0.4 is 0 Å². The van der Waals surface area contributed by atoms with Gasteiger partial charge in [0.2, 0.25) is 0 Å². The van der Waals surface area contributed by atoms with Crippen LogP contribution in [0.15, 0.2) is 182 Å². The molecule has 0 N–H and O–H groups in total. The Labute approximate surface area is 325 Å². The molecule has 10 aromatic rings. The van der Waals surface area contributed by atoms with E-state index >= 15 is 0 Å². The molecule has 56 heavy (non-hydrogen) atoms. The fourth-order valence-corrected chi connectivity index (χ4v) is 8.84. The second-order valence-electron chi connectivity index (χ2n) is 15.3. The molecule has 0 saturated carbocycles. The first-order chi connectivity index (χ1) is 27.5. The molecule has 0 aliphatic heterocycles. The summed E-state index contributed by atoms with van der Waals surface area (Å²) in [5.74, 6) is 1.90. The zero-order valence-corrected chi connectivity index (χ0v) is 31.1. The minimum absolute atomic E-state index is 0.126. The highest BCUT2D eigenvalue weighted by molar-refractivity contribution is 6.12. The molecule has 264 valence electrons. The highest BCUT2D eigenvalue weighted by Gasteiger charge is 2.36. The van der Waals surface area contributed by atoms with Gasteiger partial charge in [-0.2, -0.15) is 0 Å². The summed E-state index contributed by atoms with van der Waals surface area (Å²) in [6, 6.07) is 64.9. The average Bonchev–Trinajstić information content (AvgIpc) is 3.70. The van der Waals surface area contributed by atoms with Gasteiger partial charge in [0.1, 0.15) is 0 Å². The van der Waals surface area contributed by atoms with E-state index in [4.69, 9.17) is 15.0 Å². The molecule has 4 heteroatoms. The summed E-state index contributed by atoms with van der Waals surface area (Å²) >= 11 is 0. The predicted molar refractivity (Wildman–Crippen MR) is 231 cm³/mol. The summed E-state index contributed by atoms with van der Waals surface area (Å²) < 4.78 is 2.43. The zero-order valence-electron chi connectivity index (χ0n) is 31.1. The third-order valence-corrected chi connectivity index (χ3v) is 11.6. The molecule has 0 radical (unpaired) electrons. The molecular weight excluding hydrogens is 681 g/mol. The van der Waals surface area contributed by atoms with E-state index in [1.807, 2.05) is 36.4 Å². The predicted octanol–water partition coefficient (Wildman–Crippen LogP) is 13.1. The Bertz CT molecular complexity index is 3100. The molecule has 0 amide bonds. The number of benzene rings is 8. The van der Waals surface area contributed by atoms with Crippen molar-refractivity contribution in [3.63, 3.8) is 0 Å². The molecule has 0 atom stereocenters. The van der Waals surface area contributed by atoms with E-state index in [2.05, 4.69) is 164 Å². The lowest BCUT2D eigenvalue weighted by Crippen LogP contribution is -2.15. The minimum Gasteiger partial charge on any atom is -0.309 e. The molecule has 2 aromatic heterocycles. The number of rotatable bonds is 5. The third-order valence-electron chi connectivity index (χ3n) is 11.6. The van der Waals surface area contributed by atoms with Crippen molar-refractivity contribution in [2.75, 3.05) is 0 Å². The number of hydrogen-bond acceptors (Lipinski definition) is 3. The van der Waals surface area contributed by atoms with Crippen LogP contribution in [0.4, 0.5) is 0 Å². The van der Waals surface area contributed by atoms with E-state index in [1.54, 1.807) is 0 Å². The van der Waals surface area contributed by atoms with Crippen molar-refractivity contribution < 1.29 is 0 Å². The third kappa shape index (κ3) is 5.03. The largest absolute Gasteiger partial charge is 0.309 e. The highest BCUT2D eigenvalue weighted by atomic mass is 15.0. The Morgan fingerprint density at radius 3 is 1.79 bits per heavy atom. The summed E-state index contributed by atoms with van der Waals surface area (Å²) in [5.41, 5.74) is 13.6. The Morgan fingerprint density at radius 2 is 1.02 bits per heavy atom. The molecule has 1 aliphatic rings. The summed E-state index contributed by atoms with van der Waals surface area (Å²) in [6.45, 7) is 4.70. The van der Waals surface area contributed by atoms with Gasteiger partial charge in [-0.1, -0.05) is 159 Å². The van der Waals surface area contributed by atoms with Gasteiger partial charge < -0.3 is 4.57 Å². The van der Waals surface area contributed by atoms with Gasteiger partial charge in [0.05, 0.1) is 11.0 Å². The maximum Gasteiger partial charge on any atom is 0.164 e. The van der Waals surface area contributed by atoms with Gasteiger partial charge in [-0.05, 0) is 80.6 Å². The summed E-state index contributed by atoms with van der Waals surface area (Å²) in [5, 5.41) is 4.86. The lowest BCUT2D eigenvalue weighted by molar-refractivity contribution is 0.661. The van der Waals surface area contributed by atoms with Crippen LogP contribution in [0, 0.1) is 0 Å². The van der Waals surface area contributed by atoms with Crippen molar-refractivity contribution in [3.05, 3.63) is 193 Å². The van der Waals surface area contributed by atoms with E-state index in [-0.39, 0.29) is 5.41 Å². The number of nitrogens with zero attached hydrogens (tertiary/aromatic N) is 4. The molecule has 2 heterocycles. The Hall–Kier alpha value is -7.17. The quantitative estimate of drug-likeness (QED) is 0.178. The van der Waals surface area contributed by atoms with Gasteiger partial charge in [0.25, 0.3) is 0 Å². The Kier molecular flexibility index (Phi) is 7.17. The molecule has 0 bridgehead atoms. The van der Waals surface area contributed by atoms with Crippen LogP contribution in [0.25, 0.3) is 94.7 Å². The molecule has 0 fully saturated rings. The van der Waals surface area contributed by atoms with Gasteiger partial charge in [-0.25, -0.2) is 15.0 Å². The molecule has 11 rings (SSSR count). The van der Waals surface area contributed by atoms with E-state index < -0.39 is 0 Å². The van der Waals surface area contributed by atoms with E-state index in [0.29, 0.717) is 17.5 Å². The van der Waals surface area contributed by atoms with E-state index in [1.165, 1.54) is 49.3 Å². The number of para-hydroxylation sites is 1. The summed E-state index contributed by atoms with van der Waals surface area (Å²) in [7, 11) is 0. The maximum atomic E-state index is 5.25. The highest BCUT2D eigenvalue weighted by Crippen LogP contribution is 2.51. The molecule has 1 aliphatic carbocycles. The van der Waals surface area contributed by atoms with Crippen LogP contribution in [0.2, 0.25) is 0 Å². The average molecular weight is 717 g/mol. The van der Waals surface area contributed by atoms with Crippen molar-refractivity contribution in [2.45, 2.75) is 19.3 Å². The van der Waals surface area contributed by atoms with Crippen LogP contribution in [0.3, 0.4) is 0 Å². The van der Waals surface area contributed by atoms with Crippen molar-refractivity contribution in [1.82, 2.24) is 19.5 Å². The van der Waals surface area contributed by atoms with Crippen molar-refractivity contribution in [2.24, 2.45) is 0 Å². The van der Waals surface area contributed by atoms with Crippen molar-refractivity contribution in [1.29, 1.82) is 0 Å². The Balaban J connectivity index is 1.20. The maximum absolute atomic E-state index is 5.25. The molecular formula is C52H36N4. The van der Waals surface area contributed by atoms with Gasteiger partial charge in [0, 0.05) is 38.6 Å². The summed E-state index contributed by atoms with van der Waals surface area (Å²) in [4.78, 5) is 15.5. The normalized spacial score (nSPS) is 13.0. The van der Waals surface area contributed by atoms with Crippen molar-refractivity contribution in [3.8, 4) is 62.1 Å². The number of aromatic nitrogens is 4. The van der Waals surface area contributed by atoms with E-state index in [0.717, 1.165) is 39.0 Å². The zero-order chi connectivity index (χ0) is 37.4. The second kappa shape index (κ2) is 12.4.